The number of nitro benzene ring substituents is 1. The number of hydrogen-bond donors (Lipinski definition) is 2. The Morgan fingerprint density at radius 1 is 1.16 bits per heavy atom. The molecule has 3 atom stereocenters. The van der Waals surface area contributed by atoms with Gasteiger partial charge in [0.2, 0.25) is 5.91 Å². The quantitative estimate of drug-likeness (QED) is 0.555. The van der Waals surface area contributed by atoms with E-state index in [1.807, 2.05) is 0 Å². The molecule has 2 N–H and O–H groups in total. The number of likely N-dealkylation sites (tertiary alicyclic amines) is 1. The van der Waals surface area contributed by atoms with Crippen LogP contribution >= 0.6 is 0 Å². The van der Waals surface area contributed by atoms with Crippen LogP contribution in [-0.4, -0.2) is 39.5 Å². The molecule has 164 valence electrons. The number of amides is 1. The van der Waals surface area contributed by atoms with Gasteiger partial charge in [0, 0.05) is 36.3 Å². The maximum atomic E-state index is 13.5. The summed E-state index contributed by atoms with van der Waals surface area (Å²) in [6.45, 7) is 0.675. The predicted octanol–water partition coefficient (Wildman–Crippen LogP) is 4.04. The highest BCUT2D eigenvalue weighted by molar-refractivity contribution is 5.92. The number of carbonyl (C=O) groups excluding carboxylic acids is 1. The number of halogens is 1. The number of fused-ring (bicyclic) bond motifs is 1. The minimum atomic E-state index is -0.761. The van der Waals surface area contributed by atoms with Crippen LogP contribution < -0.4 is 5.32 Å². The maximum absolute atomic E-state index is 13.5. The van der Waals surface area contributed by atoms with Crippen LogP contribution in [0.15, 0.2) is 48.5 Å². The fraction of sp³-hybridized carbons (Fsp3) is 0.435. The molecule has 0 unspecified atom stereocenters. The van der Waals surface area contributed by atoms with Crippen molar-refractivity contribution in [3.63, 3.8) is 0 Å². The molecule has 2 aromatic rings. The van der Waals surface area contributed by atoms with Crippen molar-refractivity contribution in [3.05, 3.63) is 70.0 Å². The first-order valence-corrected chi connectivity index (χ1v) is 10.6. The lowest BCUT2D eigenvalue weighted by Crippen LogP contribution is -2.56. The number of carbonyl (C=O) groups is 1. The van der Waals surface area contributed by atoms with E-state index in [2.05, 4.69) is 10.2 Å². The van der Waals surface area contributed by atoms with Gasteiger partial charge in [0.15, 0.2) is 0 Å². The highest BCUT2D eigenvalue weighted by Gasteiger charge is 2.49. The van der Waals surface area contributed by atoms with Gasteiger partial charge < -0.3 is 10.4 Å². The summed E-state index contributed by atoms with van der Waals surface area (Å²) in [5, 5.41) is 24.9. The van der Waals surface area contributed by atoms with Crippen LogP contribution in [0.1, 0.15) is 43.7 Å². The zero-order valence-corrected chi connectivity index (χ0v) is 17.2. The van der Waals surface area contributed by atoms with Gasteiger partial charge in [-0.25, -0.2) is 4.39 Å². The van der Waals surface area contributed by atoms with Gasteiger partial charge in [0.05, 0.1) is 17.1 Å². The topological polar surface area (TPSA) is 95.7 Å². The zero-order valence-electron chi connectivity index (χ0n) is 17.2. The molecule has 0 spiro atoms. The first-order chi connectivity index (χ1) is 14.9. The summed E-state index contributed by atoms with van der Waals surface area (Å²) in [6.07, 6.45) is 4.22. The first-order valence-electron chi connectivity index (χ1n) is 10.6. The predicted molar refractivity (Wildman–Crippen MR) is 114 cm³/mol. The van der Waals surface area contributed by atoms with E-state index < -0.39 is 10.5 Å². The van der Waals surface area contributed by atoms with E-state index in [0.29, 0.717) is 18.7 Å². The third kappa shape index (κ3) is 4.60. The van der Waals surface area contributed by atoms with Crippen molar-refractivity contribution >= 4 is 17.3 Å². The summed E-state index contributed by atoms with van der Waals surface area (Å²) in [5.41, 5.74) is 0.583. The highest BCUT2D eigenvalue weighted by atomic mass is 19.1. The second-order valence-electron chi connectivity index (χ2n) is 8.52. The normalized spacial score (nSPS) is 26.1. The molecule has 0 aromatic heterocycles. The molecule has 1 heterocycles. The van der Waals surface area contributed by atoms with Gasteiger partial charge in [-0.1, -0.05) is 25.0 Å². The number of nitrogens with one attached hydrogen (secondary N) is 1. The molecule has 1 amide bonds. The van der Waals surface area contributed by atoms with E-state index >= 15 is 0 Å². The number of rotatable bonds is 5. The van der Waals surface area contributed by atoms with Crippen LogP contribution in [-0.2, 0) is 4.79 Å². The van der Waals surface area contributed by atoms with E-state index in [9.17, 15) is 24.4 Å². The number of non-ortho nitro benzene ring substituents is 1. The van der Waals surface area contributed by atoms with Gasteiger partial charge in [-0.2, -0.15) is 0 Å². The number of nitrogens with zero attached hydrogens (tertiary/aromatic N) is 2. The van der Waals surface area contributed by atoms with Crippen LogP contribution in [0.25, 0.3) is 0 Å². The number of piperidine rings is 1. The van der Waals surface area contributed by atoms with Crippen molar-refractivity contribution in [3.8, 4) is 0 Å². The van der Waals surface area contributed by atoms with Crippen molar-refractivity contribution in [1.29, 1.82) is 0 Å². The minimum absolute atomic E-state index is 0.0207. The summed E-state index contributed by atoms with van der Waals surface area (Å²) in [4.78, 5) is 25.1. The van der Waals surface area contributed by atoms with Crippen LogP contribution in [0.5, 0.6) is 0 Å². The molecule has 31 heavy (non-hydrogen) atoms. The average molecular weight is 427 g/mol. The lowest BCUT2D eigenvalue weighted by molar-refractivity contribution is -0.384. The third-order valence-corrected chi connectivity index (χ3v) is 6.59. The van der Waals surface area contributed by atoms with E-state index in [4.69, 9.17) is 0 Å². The SMILES string of the molecule is O=C(CN1CC[C@]2(O)CCCC[C@@H]2[C@H]1c1ccc(F)cc1)Nc1ccc([N+](=O)[O-])cc1. The largest absolute Gasteiger partial charge is 0.389 e. The number of anilines is 1. The monoisotopic (exact) mass is 427 g/mol. The molecule has 4 rings (SSSR count). The molecule has 2 aromatic carbocycles. The summed E-state index contributed by atoms with van der Waals surface area (Å²) in [7, 11) is 0. The van der Waals surface area contributed by atoms with Gasteiger partial charge >= 0.3 is 0 Å². The lowest BCUT2D eigenvalue weighted by atomic mass is 9.66. The van der Waals surface area contributed by atoms with Crippen molar-refractivity contribution < 1.29 is 19.2 Å². The van der Waals surface area contributed by atoms with Gasteiger partial charge in [-0.15, -0.1) is 0 Å². The van der Waals surface area contributed by atoms with Gasteiger partial charge in [-0.05, 0) is 49.1 Å². The van der Waals surface area contributed by atoms with E-state index in [0.717, 1.165) is 31.2 Å². The summed E-state index contributed by atoms with van der Waals surface area (Å²) in [6, 6.07) is 11.8. The molecule has 0 radical (unpaired) electrons. The molecule has 2 fully saturated rings. The third-order valence-electron chi connectivity index (χ3n) is 6.59. The Balaban J connectivity index is 1.53. The number of nitro groups is 1. The Morgan fingerprint density at radius 2 is 1.87 bits per heavy atom. The Bertz CT molecular complexity index is 950. The fourth-order valence-electron chi connectivity index (χ4n) is 5.07. The molecule has 7 nitrogen and oxygen atoms in total. The second kappa shape index (κ2) is 8.72. The van der Waals surface area contributed by atoms with Crippen LogP contribution in [0.4, 0.5) is 15.8 Å². The van der Waals surface area contributed by atoms with Crippen molar-refractivity contribution in [2.75, 3.05) is 18.4 Å². The van der Waals surface area contributed by atoms with E-state index in [1.165, 1.54) is 36.4 Å². The number of benzene rings is 2. The van der Waals surface area contributed by atoms with Crippen molar-refractivity contribution in [2.24, 2.45) is 5.92 Å². The molecular formula is C23H26FN3O4. The van der Waals surface area contributed by atoms with Gasteiger partial charge in [0.25, 0.3) is 5.69 Å². The Kier molecular flexibility index (Phi) is 6.02. The molecular weight excluding hydrogens is 401 g/mol. The molecule has 1 saturated heterocycles. The Morgan fingerprint density at radius 3 is 2.55 bits per heavy atom. The van der Waals surface area contributed by atoms with Gasteiger partial charge in [0.1, 0.15) is 5.82 Å². The molecule has 0 bridgehead atoms. The summed E-state index contributed by atoms with van der Waals surface area (Å²) in [5.74, 6) is -0.573. The fourth-order valence-corrected chi connectivity index (χ4v) is 5.07. The molecule has 2 aliphatic rings. The molecule has 1 aliphatic carbocycles. The van der Waals surface area contributed by atoms with Crippen molar-refractivity contribution in [2.45, 2.75) is 43.7 Å². The van der Waals surface area contributed by atoms with E-state index in [1.54, 1.807) is 12.1 Å². The van der Waals surface area contributed by atoms with Crippen LogP contribution in [0, 0.1) is 21.8 Å². The zero-order chi connectivity index (χ0) is 22.0. The smallest absolute Gasteiger partial charge is 0.269 e. The summed E-state index contributed by atoms with van der Waals surface area (Å²) < 4.78 is 13.5. The summed E-state index contributed by atoms with van der Waals surface area (Å²) >= 11 is 0. The van der Waals surface area contributed by atoms with Gasteiger partial charge in [-0.3, -0.25) is 19.8 Å². The Labute approximate surface area is 180 Å². The first kappa shape index (κ1) is 21.4. The number of aliphatic hydroxyl groups is 1. The number of hydrogen-bond acceptors (Lipinski definition) is 5. The molecule has 8 heteroatoms. The van der Waals surface area contributed by atoms with Crippen LogP contribution in [0.3, 0.4) is 0 Å². The Hall–Kier alpha value is -2.84. The van der Waals surface area contributed by atoms with E-state index in [-0.39, 0.29) is 35.9 Å². The second-order valence-corrected chi connectivity index (χ2v) is 8.52. The maximum Gasteiger partial charge on any atom is 0.269 e. The average Bonchev–Trinajstić information content (AvgIpc) is 2.75. The van der Waals surface area contributed by atoms with Crippen molar-refractivity contribution in [1.82, 2.24) is 4.90 Å². The highest BCUT2D eigenvalue weighted by Crippen LogP contribution is 2.49. The molecule has 1 aliphatic heterocycles. The minimum Gasteiger partial charge on any atom is -0.389 e. The standard InChI is InChI=1S/C23H26FN3O4/c24-17-6-4-16(5-7-17)22-20-3-1-2-12-23(20,29)13-14-26(22)15-21(28)25-18-8-10-19(11-9-18)27(30)31/h4-11,20,22,29H,1-3,12-15H2,(H,25,28)/t20-,22-,23-/m1/s1. The molecule has 1 saturated carbocycles. The lowest BCUT2D eigenvalue weighted by Gasteiger charge is -2.52. The van der Waals surface area contributed by atoms with Crippen LogP contribution in [0.2, 0.25) is 0 Å².